The van der Waals surface area contributed by atoms with E-state index in [-0.39, 0.29) is 11.7 Å². The predicted octanol–water partition coefficient (Wildman–Crippen LogP) is 1.74. The topological polar surface area (TPSA) is 49.4 Å². The lowest BCUT2D eigenvalue weighted by Gasteiger charge is -2.12. The first-order chi connectivity index (χ1) is 8.58. The Kier molecular flexibility index (Phi) is 6.94. The molecule has 1 aliphatic rings. The predicted molar refractivity (Wildman–Crippen MR) is 72.4 cm³/mol. The van der Waals surface area contributed by atoms with Gasteiger partial charge in [-0.25, -0.2) is 0 Å². The summed E-state index contributed by atoms with van der Waals surface area (Å²) in [5.74, 6) is 0.444. The van der Waals surface area contributed by atoms with E-state index in [2.05, 4.69) is 17.3 Å². The van der Waals surface area contributed by atoms with Crippen molar-refractivity contribution in [3.8, 4) is 0 Å². The highest BCUT2D eigenvalue weighted by Crippen LogP contribution is 2.08. The zero-order valence-corrected chi connectivity index (χ0v) is 11.7. The van der Waals surface area contributed by atoms with Gasteiger partial charge in [0, 0.05) is 25.4 Å². The molecule has 0 bridgehead atoms. The minimum absolute atomic E-state index is 0.182. The van der Waals surface area contributed by atoms with E-state index >= 15 is 0 Å². The lowest BCUT2D eigenvalue weighted by atomic mass is 10.1. The molecular weight excluding hydrogens is 228 g/mol. The van der Waals surface area contributed by atoms with Crippen molar-refractivity contribution in [2.75, 3.05) is 20.1 Å². The number of nitrogens with one attached hydrogen (secondary N) is 1. The lowest BCUT2D eigenvalue weighted by molar-refractivity contribution is -0.122. The van der Waals surface area contributed by atoms with Gasteiger partial charge < -0.3 is 15.0 Å². The van der Waals surface area contributed by atoms with Gasteiger partial charge in [-0.3, -0.25) is 4.79 Å². The zero-order chi connectivity index (χ0) is 13.4. The molecule has 0 radical (unpaired) electrons. The minimum Gasteiger partial charge on any atom is -0.352 e. The van der Waals surface area contributed by atoms with Gasteiger partial charge in [-0.15, -0.1) is 0 Å². The van der Waals surface area contributed by atoms with Crippen molar-refractivity contribution < 1.29 is 9.59 Å². The number of rotatable bonds is 8. The van der Waals surface area contributed by atoms with Crippen LogP contribution in [0.2, 0.25) is 0 Å². The molecule has 0 aromatic carbocycles. The molecule has 0 saturated carbocycles. The third-order valence-electron chi connectivity index (χ3n) is 3.44. The largest absolute Gasteiger partial charge is 0.352 e. The molecule has 18 heavy (non-hydrogen) atoms. The molecule has 1 aliphatic heterocycles. The van der Waals surface area contributed by atoms with Crippen molar-refractivity contribution in [1.29, 1.82) is 0 Å². The van der Waals surface area contributed by atoms with E-state index in [0.29, 0.717) is 18.9 Å². The normalized spacial score (nSPS) is 20.0. The Morgan fingerprint density at radius 3 is 2.39 bits per heavy atom. The van der Waals surface area contributed by atoms with Crippen LogP contribution in [0, 0.1) is 0 Å². The zero-order valence-electron chi connectivity index (χ0n) is 11.7. The molecule has 4 heteroatoms. The Bertz CT molecular complexity index is 279. The summed E-state index contributed by atoms with van der Waals surface area (Å²) in [6, 6.07) is 0.347. The molecule has 0 aromatic rings. The third-order valence-corrected chi connectivity index (χ3v) is 3.44. The summed E-state index contributed by atoms with van der Waals surface area (Å²) in [7, 11) is 2.08. The molecule has 0 aliphatic carbocycles. The van der Waals surface area contributed by atoms with Gasteiger partial charge in [-0.2, -0.15) is 0 Å². The Labute approximate surface area is 110 Å². The van der Waals surface area contributed by atoms with Crippen molar-refractivity contribution in [3.63, 3.8) is 0 Å². The molecule has 104 valence electrons. The number of Topliss-reactive ketones (excluding diaryl/α,β-unsaturated/α-hetero) is 1. The Balaban J connectivity index is 1.95. The van der Waals surface area contributed by atoms with Gasteiger partial charge in [0.2, 0.25) is 5.91 Å². The van der Waals surface area contributed by atoms with Crippen LogP contribution < -0.4 is 5.32 Å². The summed E-state index contributed by atoms with van der Waals surface area (Å²) in [4.78, 5) is 24.6. The molecule has 1 atom stereocenters. The fourth-order valence-electron chi connectivity index (χ4n) is 2.37. The van der Waals surface area contributed by atoms with E-state index in [1.807, 2.05) is 0 Å². The fraction of sp³-hybridized carbons (Fsp3) is 0.857. The number of unbranched alkanes of at least 4 members (excludes halogenated alkanes) is 3. The van der Waals surface area contributed by atoms with Crippen molar-refractivity contribution in [1.82, 2.24) is 10.2 Å². The highest BCUT2D eigenvalue weighted by molar-refractivity contribution is 5.76. The van der Waals surface area contributed by atoms with Crippen LogP contribution in [0.1, 0.15) is 51.9 Å². The average Bonchev–Trinajstić information content (AvgIpc) is 2.68. The summed E-state index contributed by atoms with van der Waals surface area (Å²) in [5.41, 5.74) is 0. The van der Waals surface area contributed by atoms with E-state index < -0.39 is 0 Å². The van der Waals surface area contributed by atoms with Gasteiger partial charge in [-0.05, 0) is 39.8 Å². The summed E-state index contributed by atoms with van der Waals surface area (Å²) in [6.07, 6.45) is 6.38. The highest BCUT2D eigenvalue weighted by atomic mass is 16.1. The van der Waals surface area contributed by atoms with Crippen LogP contribution in [0.3, 0.4) is 0 Å². The number of ketones is 1. The summed E-state index contributed by atoms with van der Waals surface area (Å²) < 4.78 is 0. The lowest BCUT2D eigenvalue weighted by Crippen LogP contribution is -2.36. The van der Waals surface area contributed by atoms with Crippen molar-refractivity contribution in [2.45, 2.75) is 57.9 Å². The molecule has 1 rings (SSSR count). The molecule has 4 nitrogen and oxygen atoms in total. The number of likely N-dealkylation sites (tertiary alicyclic amines) is 1. The third kappa shape index (κ3) is 6.74. The monoisotopic (exact) mass is 254 g/mol. The summed E-state index contributed by atoms with van der Waals surface area (Å²) in [5, 5.41) is 3.08. The second-order valence-electron chi connectivity index (χ2n) is 5.43. The highest BCUT2D eigenvalue weighted by Gasteiger charge is 2.20. The van der Waals surface area contributed by atoms with E-state index in [9.17, 15) is 9.59 Å². The maximum atomic E-state index is 11.7. The van der Waals surface area contributed by atoms with Crippen molar-refractivity contribution in [2.24, 2.45) is 0 Å². The number of hydrogen-bond donors (Lipinski definition) is 1. The number of nitrogens with zero attached hydrogens (tertiary/aromatic N) is 1. The van der Waals surface area contributed by atoms with Crippen LogP contribution in [-0.4, -0.2) is 42.8 Å². The maximum absolute atomic E-state index is 11.7. The van der Waals surface area contributed by atoms with Gasteiger partial charge >= 0.3 is 0 Å². The number of hydrogen-bond acceptors (Lipinski definition) is 3. The standard InChI is InChI=1S/C14H26N2O2/c1-12(17)7-5-3-4-6-8-14(18)15-13-9-10-16(2)11-13/h13H,3-11H2,1-2H3,(H,15,18)/t13-/m1/s1. The molecule has 1 heterocycles. The second-order valence-corrected chi connectivity index (χ2v) is 5.43. The van der Waals surface area contributed by atoms with Crippen LogP contribution in [0.5, 0.6) is 0 Å². The number of carbonyl (C=O) groups is 2. The fourth-order valence-corrected chi connectivity index (χ4v) is 2.37. The van der Waals surface area contributed by atoms with Gasteiger partial charge in [0.25, 0.3) is 0 Å². The molecule has 0 spiro atoms. The van der Waals surface area contributed by atoms with E-state index in [1.54, 1.807) is 6.92 Å². The Morgan fingerprint density at radius 2 is 1.83 bits per heavy atom. The van der Waals surface area contributed by atoms with E-state index in [1.165, 1.54) is 0 Å². The number of likely N-dealkylation sites (N-methyl/N-ethyl adjacent to an activating group) is 1. The van der Waals surface area contributed by atoms with Crippen LogP contribution >= 0.6 is 0 Å². The molecule has 1 amide bonds. The molecule has 1 fully saturated rings. The van der Waals surface area contributed by atoms with Crippen molar-refractivity contribution >= 4 is 11.7 Å². The van der Waals surface area contributed by atoms with Gasteiger partial charge in [-0.1, -0.05) is 12.8 Å². The first-order valence-electron chi connectivity index (χ1n) is 7.05. The maximum Gasteiger partial charge on any atom is 0.220 e. The second kappa shape index (κ2) is 8.25. The quantitative estimate of drug-likeness (QED) is 0.671. The van der Waals surface area contributed by atoms with Crippen LogP contribution in [0.15, 0.2) is 0 Å². The van der Waals surface area contributed by atoms with Gasteiger partial charge in [0.1, 0.15) is 5.78 Å². The number of carbonyl (C=O) groups excluding carboxylic acids is 2. The Morgan fingerprint density at radius 1 is 1.17 bits per heavy atom. The van der Waals surface area contributed by atoms with Crippen LogP contribution in [-0.2, 0) is 9.59 Å². The molecule has 1 N–H and O–H groups in total. The molecule has 1 saturated heterocycles. The van der Waals surface area contributed by atoms with Crippen LogP contribution in [0.25, 0.3) is 0 Å². The van der Waals surface area contributed by atoms with E-state index in [4.69, 9.17) is 0 Å². The average molecular weight is 254 g/mol. The SMILES string of the molecule is CC(=O)CCCCCCC(=O)N[C@@H]1CCN(C)C1. The van der Waals surface area contributed by atoms with Crippen LogP contribution in [0.4, 0.5) is 0 Å². The van der Waals surface area contributed by atoms with E-state index in [0.717, 1.165) is 45.2 Å². The van der Waals surface area contributed by atoms with Gasteiger partial charge in [0.05, 0.1) is 0 Å². The molecule has 0 unspecified atom stereocenters. The Hall–Kier alpha value is -0.900. The summed E-state index contributed by atoms with van der Waals surface area (Å²) in [6.45, 7) is 3.69. The summed E-state index contributed by atoms with van der Waals surface area (Å²) >= 11 is 0. The molecular formula is C14H26N2O2. The molecule has 0 aromatic heterocycles. The minimum atomic E-state index is 0.182. The van der Waals surface area contributed by atoms with Crippen molar-refractivity contribution in [3.05, 3.63) is 0 Å². The van der Waals surface area contributed by atoms with Gasteiger partial charge in [0.15, 0.2) is 0 Å². The first kappa shape index (κ1) is 15.2. The first-order valence-corrected chi connectivity index (χ1v) is 7.05. The number of amides is 1. The smallest absolute Gasteiger partial charge is 0.220 e.